The van der Waals surface area contributed by atoms with Crippen molar-refractivity contribution in [3.05, 3.63) is 23.8 Å². The van der Waals surface area contributed by atoms with Crippen LogP contribution >= 0.6 is 0 Å². The fourth-order valence-corrected chi connectivity index (χ4v) is 1.59. The summed E-state index contributed by atoms with van der Waals surface area (Å²) in [5.41, 5.74) is 1.38. The summed E-state index contributed by atoms with van der Waals surface area (Å²) in [6.07, 6.45) is 9.42. The molecule has 0 amide bonds. The van der Waals surface area contributed by atoms with Crippen molar-refractivity contribution in [2.45, 2.75) is 33.1 Å². The molecule has 12 heavy (non-hydrogen) atoms. The Kier molecular flexibility index (Phi) is 3.27. The maximum absolute atomic E-state index is 11.0. The van der Waals surface area contributed by atoms with Crippen molar-refractivity contribution in [3.8, 4) is 0 Å². The fraction of sp³-hybridized carbons (Fsp3) is 0.545. The molecule has 0 bridgehead atoms. The monoisotopic (exact) mass is 164 g/mol. The number of ketones is 1. The predicted octanol–water partition coefficient (Wildman–Crippen LogP) is 2.88. The van der Waals surface area contributed by atoms with Gasteiger partial charge in [-0.3, -0.25) is 4.79 Å². The molecule has 1 unspecified atom stereocenters. The lowest BCUT2D eigenvalue weighted by atomic mass is 9.87. The molecule has 0 aliphatic heterocycles. The van der Waals surface area contributed by atoms with Gasteiger partial charge in [0.05, 0.1) is 0 Å². The third kappa shape index (κ3) is 2.33. The first-order valence-electron chi connectivity index (χ1n) is 4.56. The summed E-state index contributed by atoms with van der Waals surface area (Å²) in [5.74, 6) is 0.629. The van der Waals surface area contributed by atoms with Gasteiger partial charge in [-0.1, -0.05) is 23.8 Å². The van der Waals surface area contributed by atoms with Gasteiger partial charge in [0.1, 0.15) is 5.78 Å². The Bertz CT molecular complexity index is 223. The van der Waals surface area contributed by atoms with Gasteiger partial charge in [0.2, 0.25) is 0 Å². The zero-order valence-corrected chi connectivity index (χ0v) is 7.84. The van der Waals surface area contributed by atoms with E-state index < -0.39 is 0 Å². The zero-order valence-electron chi connectivity index (χ0n) is 7.84. The average molecular weight is 164 g/mol. The molecule has 0 aromatic carbocycles. The molecule has 0 saturated carbocycles. The number of hydrogen-bond acceptors (Lipinski definition) is 1. The van der Waals surface area contributed by atoms with Crippen molar-refractivity contribution in [1.82, 2.24) is 0 Å². The summed E-state index contributed by atoms with van der Waals surface area (Å²) in [5, 5.41) is 0. The van der Waals surface area contributed by atoms with Gasteiger partial charge in [-0.15, -0.1) is 0 Å². The molecule has 1 rings (SSSR count). The van der Waals surface area contributed by atoms with E-state index in [9.17, 15) is 4.79 Å². The van der Waals surface area contributed by atoms with E-state index in [1.54, 1.807) is 6.92 Å². The first-order valence-corrected chi connectivity index (χ1v) is 4.56. The van der Waals surface area contributed by atoms with Crippen LogP contribution in [-0.4, -0.2) is 5.78 Å². The Morgan fingerprint density at radius 2 is 2.42 bits per heavy atom. The smallest absolute Gasteiger partial charge is 0.133 e. The molecule has 0 aromatic heterocycles. The van der Waals surface area contributed by atoms with E-state index in [2.05, 4.69) is 18.2 Å². The molecular weight excluding hydrogens is 148 g/mol. The molecular formula is C11H16O. The second-order valence-corrected chi connectivity index (χ2v) is 3.36. The molecule has 0 spiro atoms. The number of allylic oxidation sites excluding steroid dienone is 4. The van der Waals surface area contributed by atoms with Gasteiger partial charge in [-0.25, -0.2) is 0 Å². The number of Topliss-reactive ketones (excluding diaryl/α,β-unsaturated/α-hetero) is 1. The van der Waals surface area contributed by atoms with Crippen LogP contribution in [0.4, 0.5) is 0 Å². The minimum atomic E-state index is 0.291. The third-order valence-corrected chi connectivity index (χ3v) is 2.40. The molecule has 66 valence electrons. The van der Waals surface area contributed by atoms with Gasteiger partial charge in [0.15, 0.2) is 0 Å². The number of carbonyl (C=O) groups excluding carboxylic acids is 1. The summed E-state index contributed by atoms with van der Waals surface area (Å²) in [4.78, 5) is 11.0. The van der Waals surface area contributed by atoms with E-state index in [4.69, 9.17) is 0 Å². The Morgan fingerprint density at radius 3 is 2.83 bits per heavy atom. The van der Waals surface area contributed by atoms with Crippen LogP contribution in [0.3, 0.4) is 0 Å². The highest BCUT2D eigenvalue weighted by Gasteiger charge is 2.16. The highest BCUT2D eigenvalue weighted by molar-refractivity contribution is 5.78. The first-order chi connectivity index (χ1) is 5.74. The van der Waals surface area contributed by atoms with Gasteiger partial charge >= 0.3 is 0 Å². The summed E-state index contributed by atoms with van der Waals surface area (Å²) in [6.45, 7) is 3.72. The van der Waals surface area contributed by atoms with Crippen LogP contribution in [0.2, 0.25) is 0 Å². The van der Waals surface area contributed by atoms with Gasteiger partial charge in [-0.05, 0) is 33.1 Å². The van der Waals surface area contributed by atoms with Crippen molar-refractivity contribution in [2.75, 3.05) is 0 Å². The molecule has 0 heterocycles. The Labute approximate surface area is 74.2 Å². The summed E-state index contributed by atoms with van der Waals surface area (Å²) >= 11 is 0. The topological polar surface area (TPSA) is 17.1 Å². The van der Waals surface area contributed by atoms with Gasteiger partial charge < -0.3 is 0 Å². The highest BCUT2D eigenvalue weighted by Crippen LogP contribution is 2.24. The second-order valence-electron chi connectivity index (χ2n) is 3.36. The molecule has 0 fully saturated rings. The molecule has 0 radical (unpaired) electrons. The van der Waals surface area contributed by atoms with E-state index in [-0.39, 0.29) is 0 Å². The van der Waals surface area contributed by atoms with Crippen molar-refractivity contribution in [3.63, 3.8) is 0 Å². The molecule has 0 N–H and O–H groups in total. The highest BCUT2D eigenvalue weighted by atomic mass is 16.1. The van der Waals surface area contributed by atoms with Gasteiger partial charge in [0, 0.05) is 5.92 Å². The summed E-state index contributed by atoms with van der Waals surface area (Å²) < 4.78 is 0. The fourth-order valence-electron chi connectivity index (χ4n) is 1.59. The molecule has 0 saturated heterocycles. The van der Waals surface area contributed by atoms with E-state index in [1.807, 2.05) is 6.92 Å². The maximum atomic E-state index is 11.0. The largest absolute Gasteiger partial charge is 0.300 e. The summed E-state index contributed by atoms with van der Waals surface area (Å²) in [7, 11) is 0. The maximum Gasteiger partial charge on any atom is 0.133 e. The number of carbonyl (C=O) groups is 1. The Hall–Kier alpha value is -0.850. The molecule has 1 aliphatic rings. The molecule has 1 aliphatic carbocycles. The van der Waals surface area contributed by atoms with Crippen molar-refractivity contribution in [2.24, 2.45) is 5.92 Å². The SMILES string of the molecule is C/C=C/C1=CCC(C(C)=O)CC1. The van der Waals surface area contributed by atoms with Crippen LogP contribution in [0.15, 0.2) is 23.8 Å². The molecule has 1 nitrogen and oxygen atoms in total. The minimum Gasteiger partial charge on any atom is -0.300 e. The van der Waals surface area contributed by atoms with E-state index in [1.165, 1.54) is 5.57 Å². The van der Waals surface area contributed by atoms with Crippen LogP contribution in [0.5, 0.6) is 0 Å². The van der Waals surface area contributed by atoms with Crippen LogP contribution in [-0.2, 0) is 4.79 Å². The van der Waals surface area contributed by atoms with Gasteiger partial charge in [0.25, 0.3) is 0 Å². The lowest BCUT2D eigenvalue weighted by molar-refractivity contribution is -0.120. The standard InChI is InChI=1S/C11H16O/c1-3-4-10-5-7-11(8-6-10)9(2)12/h3-5,11H,6-8H2,1-2H3/b4-3+. The Morgan fingerprint density at radius 1 is 1.67 bits per heavy atom. The first kappa shape index (κ1) is 9.24. The normalized spacial score (nSPS) is 24.2. The van der Waals surface area contributed by atoms with Crippen LogP contribution < -0.4 is 0 Å². The zero-order chi connectivity index (χ0) is 8.97. The lowest BCUT2D eigenvalue weighted by Gasteiger charge is -2.17. The van der Waals surface area contributed by atoms with E-state index in [0.29, 0.717) is 11.7 Å². The van der Waals surface area contributed by atoms with Gasteiger partial charge in [-0.2, -0.15) is 0 Å². The lowest BCUT2D eigenvalue weighted by Crippen LogP contribution is -2.13. The molecule has 1 atom stereocenters. The number of hydrogen-bond donors (Lipinski definition) is 0. The van der Waals surface area contributed by atoms with Crippen LogP contribution in [0.1, 0.15) is 33.1 Å². The van der Waals surface area contributed by atoms with E-state index in [0.717, 1.165) is 19.3 Å². The average Bonchev–Trinajstić information content (AvgIpc) is 2.06. The minimum absolute atomic E-state index is 0.291. The summed E-state index contributed by atoms with van der Waals surface area (Å²) in [6, 6.07) is 0. The van der Waals surface area contributed by atoms with Crippen molar-refractivity contribution in [1.29, 1.82) is 0 Å². The number of rotatable bonds is 2. The third-order valence-electron chi connectivity index (χ3n) is 2.40. The second kappa shape index (κ2) is 4.24. The molecule has 0 aromatic rings. The Balaban J connectivity index is 2.53. The quantitative estimate of drug-likeness (QED) is 0.613. The van der Waals surface area contributed by atoms with E-state index >= 15 is 0 Å². The molecule has 1 heteroatoms. The van der Waals surface area contributed by atoms with Crippen molar-refractivity contribution < 1.29 is 4.79 Å². The van der Waals surface area contributed by atoms with Crippen molar-refractivity contribution >= 4 is 5.78 Å². The van der Waals surface area contributed by atoms with Crippen LogP contribution in [0, 0.1) is 5.92 Å². The predicted molar refractivity (Wildman–Crippen MR) is 50.9 cm³/mol. The van der Waals surface area contributed by atoms with Crippen LogP contribution in [0.25, 0.3) is 0 Å².